The molecular formula is C21H20NO3S-. The highest BCUT2D eigenvalue weighted by molar-refractivity contribution is 7.17. The number of nitrogens with zero attached hydrogens (tertiary/aromatic N) is 1. The van der Waals surface area contributed by atoms with E-state index in [0.29, 0.717) is 23.2 Å². The lowest BCUT2D eigenvalue weighted by atomic mass is 10.0. The summed E-state index contributed by atoms with van der Waals surface area (Å²) in [4.78, 5) is 15.6. The van der Waals surface area contributed by atoms with Crippen LogP contribution in [0.15, 0.2) is 48.5 Å². The number of aryl methyl sites for hydroxylation is 1. The number of hydrogen-bond acceptors (Lipinski definition) is 5. The number of ether oxygens (including phenoxy) is 1. The standard InChI is InChI=1S/C21H21NO3S/c1-13(2)17-6-4-5-7-18(17)25-12-15-8-10-16(11-9-15)20-22-14(3)19(26-20)21(23)24/h4-11,13H,12H2,1-3H3,(H,23,24)/p-1. The number of carbonyl (C=O) groups excluding carboxylic acids is 1. The number of carboxylic acid groups (broad SMARTS) is 1. The number of thiazole rings is 1. The average molecular weight is 366 g/mol. The summed E-state index contributed by atoms with van der Waals surface area (Å²) in [7, 11) is 0. The zero-order valence-electron chi connectivity index (χ0n) is 15.0. The molecule has 0 saturated heterocycles. The van der Waals surface area contributed by atoms with Gasteiger partial charge in [-0.15, -0.1) is 11.3 Å². The van der Waals surface area contributed by atoms with Gasteiger partial charge >= 0.3 is 0 Å². The van der Waals surface area contributed by atoms with Crippen molar-refractivity contribution >= 4 is 17.3 Å². The van der Waals surface area contributed by atoms with Crippen LogP contribution in [0.2, 0.25) is 0 Å². The molecule has 5 heteroatoms. The van der Waals surface area contributed by atoms with Crippen LogP contribution in [0.25, 0.3) is 10.6 Å². The van der Waals surface area contributed by atoms with Crippen molar-refractivity contribution in [1.82, 2.24) is 4.98 Å². The van der Waals surface area contributed by atoms with Crippen LogP contribution < -0.4 is 9.84 Å². The van der Waals surface area contributed by atoms with Crippen molar-refractivity contribution < 1.29 is 14.6 Å². The first-order chi connectivity index (χ1) is 12.5. The molecule has 0 spiro atoms. The van der Waals surface area contributed by atoms with E-state index in [2.05, 4.69) is 24.9 Å². The Kier molecular flexibility index (Phi) is 5.38. The van der Waals surface area contributed by atoms with E-state index in [9.17, 15) is 9.90 Å². The summed E-state index contributed by atoms with van der Waals surface area (Å²) in [5, 5.41) is 11.7. The Labute approximate surface area is 157 Å². The molecule has 3 rings (SSSR count). The molecule has 3 aromatic rings. The van der Waals surface area contributed by atoms with E-state index in [1.807, 2.05) is 42.5 Å². The molecule has 0 fully saturated rings. The minimum atomic E-state index is -1.18. The van der Waals surface area contributed by atoms with E-state index >= 15 is 0 Å². The largest absolute Gasteiger partial charge is 0.544 e. The van der Waals surface area contributed by atoms with Crippen LogP contribution in [0.1, 0.15) is 46.3 Å². The molecule has 0 bridgehead atoms. The highest BCUT2D eigenvalue weighted by atomic mass is 32.1. The van der Waals surface area contributed by atoms with Crippen molar-refractivity contribution in [2.75, 3.05) is 0 Å². The summed E-state index contributed by atoms with van der Waals surface area (Å²) < 4.78 is 5.99. The highest BCUT2D eigenvalue weighted by Gasteiger charge is 2.11. The molecule has 0 atom stereocenters. The Morgan fingerprint density at radius 3 is 2.46 bits per heavy atom. The van der Waals surface area contributed by atoms with E-state index in [0.717, 1.165) is 28.2 Å². The maximum atomic E-state index is 11.1. The fraction of sp³-hybridized carbons (Fsp3) is 0.238. The molecule has 26 heavy (non-hydrogen) atoms. The molecule has 1 heterocycles. The van der Waals surface area contributed by atoms with Crippen molar-refractivity contribution in [2.45, 2.75) is 33.3 Å². The Morgan fingerprint density at radius 2 is 1.85 bits per heavy atom. The molecule has 0 N–H and O–H groups in total. The number of aromatic carboxylic acids is 1. The minimum Gasteiger partial charge on any atom is -0.544 e. The van der Waals surface area contributed by atoms with Gasteiger partial charge in [0.2, 0.25) is 0 Å². The summed E-state index contributed by atoms with van der Waals surface area (Å²) in [6.45, 7) is 6.45. The SMILES string of the molecule is Cc1nc(-c2ccc(COc3ccccc3C(C)C)cc2)sc1C(=O)[O-]. The number of rotatable bonds is 6. The molecule has 0 aliphatic carbocycles. The number of para-hydroxylation sites is 1. The van der Waals surface area contributed by atoms with E-state index in [1.54, 1.807) is 6.92 Å². The van der Waals surface area contributed by atoms with Crippen molar-refractivity contribution in [3.05, 3.63) is 70.2 Å². The van der Waals surface area contributed by atoms with Gasteiger partial charge in [-0.25, -0.2) is 4.98 Å². The minimum absolute atomic E-state index is 0.178. The van der Waals surface area contributed by atoms with Crippen molar-refractivity contribution in [3.8, 4) is 16.3 Å². The smallest absolute Gasteiger partial charge is 0.124 e. The summed E-state index contributed by atoms with van der Waals surface area (Å²) in [6, 6.07) is 15.9. The molecule has 0 aliphatic heterocycles. The van der Waals surface area contributed by atoms with Crippen LogP contribution in [0.4, 0.5) is 0 Å². The van der Waals surface area contributed by atoms with Gasteiger partial charge < -0.3 is 14.6 Å². The zero-order valence-corrected chi connectivity index (χ0v) is 15.8. The van der Waals surface area contributed by atoms with Crippen LogP contribution in [0.5, 0.6) is 5.75 Å². The first-order valence-corrected chi connectivity index (χ1v) is 9.27. The van der Waals surface area contributed by atoms with E-state index in [-0.39, 0.29) is 4.88 Å². The second kappa shape index (κ2) is 7.70. The Bertz CT molecular complexity index is 913. The number of carbonyl (C=O) groups is 1. The summed E-state index contributed by atoms with van der Waals surface area (Å²) in [5.74, 6) is 0.125. The maximum absolute atomic E-state index is 11.1. The van der Waals surface area contributed by atoms with Gasteiger partial charge in [0.1, 0.15) is 17.4 Å². The molecule has 0 aliphatic rings. The lowest BCUT2D eigenvalue weighted by molar-refractivity contribution is -0.254. The predicted octanol–water partition coefficient (Wildman–Crippen LogP) is 4.18. The second-order valence-electron chi connectivity index (χ2n) is 6.40. The van der Waals surface area contributed by atoms with E-state index in [1.165, 1.54) is 5.56 Å². The Balaban J connectivity index is 1.73. The van der Waals surface area contributed by atoms with Gasteiger partial charge in [0.15, 0.2) is 0 Å². The monoisotopic (exact) mass is 366 g/mol. The summed E-state index contributed by atoms with van der Waals surface area (Å²) in [5.41, 5.74) is 3.61. The Morgan fingerprint density at radius 1 is 1.15 bits per heavy atom. The van der Waals surface area contributed by atoms with Crippen LogP contribution in [-0.2, 0) is 6.61 Å². The molecule has 0 amide bonds. The van der Waals surface area contributed by atoms with Gasteiger partial charge in [0.25, 0.3) is 0 Å². The first kappa shape index (κ1) is 18.1. The second-order valence-corrected chi connectivity index (χ2v) is 7.40. The number of carboxylic acids is 1. The van der Waals surface area contributed by atoms with E-state index < -0.39 is 5.97 Å². The van der Waals surface area contributed by atoms with Crippen LogP contribution >= 0.6 is 11.3 Å². The number of aromatic nitrogens is 1. The lowest BCUT2D eigenvalue weighted by Crippen LogP contribution is -2.21. The number of benzene rings is 2. The molecule has 0 saturated carbocycles. The third kappa shape index (κ3) is 3.94. The van der Waals surface area contributed by atoms with Gasteiger partial charge in [0, 0.05) is 5.56 Å². The van der Waals surface area contributed by atoms with E-state index in [4.69, 9.17) is 4.74 Å². The van der Waals surface area contributed by atoms with Crippen LogP contribution in [0.3, 0.4) is 0 Å². The average Bonchev–Trinajstić information content (AvgIpc) is 3.02. The van der Waals surface area contributed by atoms with Crippen LogP contribution in [0, 0.1) is 6.92 Å². The highest BCUT2D eigenvalue weighted by Crippen LogP contribution is 2.29. The van der Waals surface area contributed by atoms with Crippen molar-refractivity contribution in [3.63, 3.8) is 0 Å². The van der Waals surface area contributed by atoms with Gasteiger partial charge in [-0.05, 0) is 30.0 Å². The van der Waals surface area contributed by atoms with Crippen LogP contribution in [-0.4, -0.2) is 11.0 Å². The number of hydrogen-bond donors (Lipinski definition) is 0. The maximum Gasteiger partial charge on any atom is 0.124 e. The third-order valence-corrected chi connectivity index (χ3v) is 5.30. The molecular weight excluding hydrogens is 346 g/mol. The molecule has 1 aromatic heterocycles. The van der Waals surface area contributed by atoms with Gasteiger partial charge in [-0.1, -0.05) is 56.3 Å². The fourth-order valence-corrected chi connectivity index (χ4v) is 3.61. The zero-order chi connectivity index (χ0) is 18.7. The normalized spacial score (nSPS) is 10.9. The van der Waals surface area contributed by atoms with Crippen molar-refractivity contribution in [2.24, 2.45) is 0 Å². The van der Waals surface area contributed by atoms with Gasteiger partial charge in [-0.3, -0.25) is 0 Å². The molecule has 134 valence electrons. The summed E-state index contributed by atoms with van der Waals surface area (Å²) >= 11 is 1.14. The fourth-order valence-electron chi connectivity index (χ4n) is 2.70. The third-order valence-electron chi connectivity index (χ3n) is 4.12. The molecule has 0 unspecified atom stereocenters. The quantitative estimate of drug-likeness (QED) is 0.656. The predicted molar refractivity (Wildman–Crippen MR) is 101 cm³/mol. The van der Waals surface area contributed by atoms with Gasteiger partial charge in [-0.2, -0.15) is 0 Å². The molecule has 2 aromatic carbocycles. The lowest BCUT2D eigenvalue weighted by Gasteiger charge is -2.14. The van der Waals surface area contributed by atoms with Crippen molar-refractivity contribution in [1.29, 1.82) is 0 Å². The Hall–Kier alpha value is -2.66. The van der Waals surface area contributed by atoms with Gasteiger partial charge in [0.05, 0.1) is 16.5 Å². The molecule has 0 radical (unpaired) electrons. The molecule has 4 nitrogen and oxygen atoms in total. The first-order valence-electron chi connectivity index (χ1n) is 8.45. The topological polar surface area (TPSA) is 62.2 Å². The summed E-state index contributed by atoms with van der Waals surface area (Å²) in [6.07, 6.45) is 0.